The third kappa shape index (κ3) is 1.05. The van der Waals surface area contributed by atoms with Gasteiger partial charge in [0.05, 0.1) is 0 Å². The molecule has 0 aliphatic heterocycles. The summed E-state index contributed by atoms with van der Waals surface area (Å²) in [5, 5.41) is 2.25. The van der Waals surface area contributed by atoms with Crippen LogP contribution >= 0.6 is 22.6 Å². The summed E-state index contributed by atoms with van der Waals surface area (Å²) in [6, 6.07) is 10.0. The smallest absolute Gasteiger partial charge is 0.227 e. The molecule has 68 valence electrons. The van der Waals surface area contributed by atoms with Crippen LogP contribution in [0.2, 0.25) is 0 Å². The van der Waals surface area contributed by atoms with Crippen molar-refractivity contribution in [2.24, 2.45) is 0 Å². The van der Waals surface area contributed by atoms with Crippen LogP contribution in [0, 0.1) is 3.57 Å². The molecule has 0 spiro atoms. The highest BCUT2D eigenvalue weighted by Crippen LogP contribution is 2.30. The summed E-state index contributed by atoms with van der Waals surface area (Å²) in [7, 11) is 0. The van der Waals surface area contributed by atoms with Crippen LogP contribution in [0.1, 0.15) is 0 Å². The molecule has 2 nitrogen and oxygen atoms in total. The van der Waals surface area contributed by atoms with E-state index in [1.54, 1.807) is 6.20 Å². The number of hydrogen-bond donors (Lipinski definition) is 0. The van der Waals surface area contributed by atoms with Crippen LogP contribution < -0.4 is 0 Å². The monoisotopic (exact) mass is 295 g/mol. The summed E-state index contributed by atoms with van der Waals surface area (Å²) in [5.41, 5.74) is 1.62. The van der Waals surface area contributed by atoms with Crippen LogP contribution in [0.15, 0.2) is 40.9 Å². The fourth-order valence-electron chi connectivity index (χ4n) is 1.62. The van der Waals surface area contributed by atoms with Crippen LogP contribution in [0.25, 0.3) is 22.1 Å². The number of aromatic nitrogens is 1. The highest BCUT2D eigenvalue weighted by Gasteiger charge is 2.08. The van der Waals surface area contributed by atoms with Crippen molar-refractivity contribution in [2.75, 3.05) is 0 Å². The van der Waals surface area contributed by atoms with Gasteiger partial charge in [0.25, 0.3) is 0 Å². The number of fused-ring (bicyclic) bond motifs is 3. The fraction of sp³-hybridized carbons (Fsp3) is 0. The van der Waals surface area contributed by atoms with Crippen molar-refractivity contribution in [3.63, 3.8) is 0 Å². The number of halogens is 1. The van der Waals surface area contributed by atoms with E-state index in [2.05, 4.69) is 33.6 Å². The molecular formula is C11H6INO. The van der Waals surface area contributed by atoms with Gasteiger partial charge in [-0.05, 0) is 46.9 Å². The summed E-state index contributed by atoms with van der Waals surface area (Å²) in [5.74, 6) is 0. The largest absolute Gasteiger partial charge is 0.438 e. The molecule has 0 aliphatic rings. The van der Waals surface area contributed by atoms with Gasteiger partial charge in [-0.25, -0.2) is 4.98 Å². The predicted molar refractivity (Wildman–Crippen MR) is 64.2 cm³/mol. The maximum Gasteiger partial charge on any atom is 0.227 e. The lowest BCUT2D eigenvalue weighted by molar-refractivity contribution is 0.654. The van der Waals surface area contributed by atoms with Gasteiger partial charge >= 0.3 is 0 Å². The topological polar surface area (TPSA) is 26.0 Å². The minimum Gasteiger partial charge on any atom is -0.438 e. The zero-order chi connectivity index (χ0) is 9.54. The summed E-state index contributed by atoms with van der Waals surface area (Å²) in [6.07, 6.45) is 1.75. The highest BCUT2D eigenvalue weighted by atomic mass is 127. The van der Waals surface area contributed by atoms with E-state index in [0.29, 0.717) is 5.71 Å². The number of benzene rings is 1. The van der Waals surface area contributed by atoms with Crippen molar-refractivity contribution >= 4 is 44.7 Å². The number of rotatable bonds is 0. The molecule has 0 amide bonds. The normalized spacial score (nSPS) is 11.2. The maximum atomic E-state index is 5.62. The average Bonchev–Trinajstić information content (AvgIpc) is 2.57. The number of furan rings is 1. The molecular weight excluding hydrogens is 289 g/mol. The first-order valence-corrected chi connectivity index (χ1v) is 5.36. The van der Waals surface area contributed by atoms with Gasteiger partial charge in [-0.15, -0.1) is 0 Å². The van der Waals surface area contributed by atoms with Gasteiger partial charge in [-0.1, -0.05) is 6.07 Å². The molecule has 14 heavy (non-hydrogen) atoms. The number of pyridine rings is 1. The van der Waals surface area contributed by atoms with Crippen molar-refractivity contribution < 1.29 is 4.42 Å². The Morgan fingerprint density at radius 1 is 1.14 bits per heavy atom. The molecule has 0 N–H and O–H groups in total. The SMILES string of the molecule is Ic1cccc2oc3ncccc3c12. The van der Waals surface area contributed by atoms with Crippen LogP contribution in [-0.4, -0.2) is 4.98 Å². The van der Waals surface area contributed by atoms with Gasteiger partial charge in [0.1, 0.15) is 5.58 Å². The molecule has 2 heterocycles. The van der Waals surface area contributed by atoms with E-state index in [4.69, 9.17) is 4.42 Å². The van der Waals surface area contributed by atoms with E-state index in [9.17, 15) is 0 Å². The lowest BCUT2D eigenvalue weighted by atomic mass is 10.2. The minimum absolute atomic E-state index is 0.714. The van der Waals surface area contributed by atoms with E-state index < -0.39 is 0 Å². The van der Waals surface area contributed by atoms with Crippen molar-refractivity contribution in [3.8, 4) is 0 Å². The Bertz CT molecular complexity index is 615. The van der Waals surface area contributed by atoms with Crippen LogP contribution in [0.5, 0.6) is 0 Å². The van der Waals surface area contributed by atoms with E-state index >= 15 is 0 Å². The summed E-state index contributed by atoms with van der Waals surface area (Å²) in [6.45, 7) is 0. The molecule has 0 bridgehead atoms. The van der Waals surface area contributed by atoms with Gasteiger partial charge < -0.3 is 4.42 Å². The van der Waals surface area contributed by atoms with Crippen LogP contribution in [0.4, 0.5) is 0 Å². The molecule has 0 unspecified atom stereocenters. The lowest BCUT2D eigenvalue weighted by Gasteiger charge is -1.91. The van der Waals surface area contributed by atoms with E-state index in [0.717, 1.165) is 16.4 Å². The summed E-state index contributed by atoms with van der Waals surface area (Å²) >= 11 is 2.32. The second-order valence-electron chi connectivity index (χ2n) is 3.07. The molecule has 0 saturated heterocycles. The third-order valence-electron chi connectivity index (χ3n) is 2.22. The molecule has 2 aromatic heterocycles. The van der Waals surface area contributed by atoms with E-state index in [-0.39, 0.29) is 0 Å². The number of nitrogens with zero attached hydrogens (tertiary/aromatic N) is 1. The Kier molecular flexibility index (Phi) is 1.73. The van der Waals surface area contributed by atoms with Crippen molar-refractivity contribution in [1.82, 2.24) is 4.98 Å². The maximum absolute atomic E-state index is 5.62. The second-order valence-corrected chi connectivity index (χ2v) is 4.23. The van der Waals surface area contributed by atoms with Gasteiger partial charge in [0, 0.05) is 20.5 Å². The first-order chi connectivity index (χ1) is 6.86. The van der Waals surface area contributed by atoms with Gasteiger partial charge in [-0.2, -0.15) is 0 Å². The second kappa shape index (κ2) is 2.95. The summed E-state index contributed by atoms with van der Waals surface area (Å²) < 4.78 is 6.82. The van der Waals surface area contributed by atoms with Gasteiger partial charge in [0.15, 0.2) is 0 Å². The Hall–Kier alpha value is -1.10. The molecule has 0 aliphatic carbocycles. The Morgan fingerprint density at radius 2 is 2.07 bits per heavy atom. The molecule has 0 saturated carbocycles. The van der Waals surface area contributed by atoms with Gasteiger partial charge in [-0.3, -0.25) is 0 Å². The Balaban J connectivity index is 2.65. The minimum atomic E-state index is 0.714. The van der Waals surface area contributed by atoms with Crippen molar-refractivity contribution in [2.45, 2.75) is 0 Å². The number of hydrogen-bond acceptors (Lipinski definition) is 2. The first kappa shape index (κ1) is 8.23. The Labute approximate surface area is 94.1 Å². The van der Waals surface area contributed by atoms with Crippen LogP contribution in [-0.2, 0) is 0 Å². The molecule has 3 heteroatoms. The fourth-order valence-corrected chi connectivity index (χ4v) is 2.38. The quantitative estimate of drug-likeness (QED) is 0.592. The molecule has 3 rings (SSSR count). The lowest BCUT2D eigenvalue weighted by Crippen LogP contribution is -1.72. The average molecular weight is 295 g/mol. The van der Waals surface area contributed by atoms with Crippen molar-refractivity contribution in [3.05, 3.63) is 40.1 Å². The van der Waals surface area contributed by atoms with E-state index in [1.165, 1.54) is 3.57 Å². The standard InChI is InChI=1S/C11H6INO/c12-8-4-1-5-9-10(8)7-3-2-6-13-11(7)14-9/h1-6H. The summed E-state index contributed by atoms with van der Waals surface area (Å²) in [4.78, 5) is 4.19. The predicted octanol–water partition coefficient (Wildman–Crippen LogP) is 3.59. The molecule has 1 aromatic carbocycles. The molecule has 0 fully saturated rings. The third-order valence-corrected chi connectivity index (χ3v) is 3.12. The van der Waals surface area contributed by atoms with Gasteiger partial charge in [0.2, 0.25) is 5.71 Å². The van der Waals surface area contributed by atoms with E-state index in [1.807, 2.05) is 24.3 Å². The zero-order valence-corrected chi connectivity index (χ0v) is 9.36. The molecule has 0 radical (unpaired) electrons. The van der Waals surface area contributed by atoms with Crippen molar-refractivity contribution in [1.29, 1.82) is 0 Å². The molecule has 3 aromatic rings. The Morgan fingerprint density at radius 3 is 3.00 bits per heavy atom. The first-order valence-electron chi connectivity index (χ1n) is 4.28. The highest BCUT2D eigenvalue weighted by molar-refractivity contribution is 14.1. The van der Waals surface area contributed by atoms with Crippen LogP contribution in [0.3, 0.4) is 0 Å². The zero-order valence-electron chi connectivity index (χ0n) is 7.20. The molecule has 0 atom stereocenters.